The number of sulfonamides is 1. The lowest BCUT2D eigenvalue weighted by atomic mass is 9.96. The van der Waals surface area contributed by atoms with E-state index in [2.05, 4.69) is 9.71 Å². The van der Waals surface area contributed by atoms with Crippen molar-refractivity contribution in [1.82, 2.24) is 9.71 Å². The fraction of sp³-hybridized carbons (Fsp3) is 0.364. The van der Waals surface area contributed by atoms with Crippen molar-refractivity contribution in [3.05, 3.63) is 58.3 Å². The summed E-state index contributed by atoms with van der Waals surface area (Å²) in [5, 5.41) is 18.6. The molecule has 2 heterocycles. The van der Waals surface area contributed by atoms with Gasteiger partial charge in [-0.05, 0) is 38.3 Å². The van der Waals surface area contributed by atoms with Gasteiger partial charge in [-0.1, -0.05) is 29.8 Å². The van der Waals surface area contributed by atoms with Crippen molar-refractivity contribution >= 4 is 27.7 Å². The second-order valence-corrected chi connectivity index (χ2v) is 9.60. The van der Waals surface area contributed by atoms with Crippen molar-refractivity contribution in [2.75, 3.05) is 18.0 Å². The van der Waals surface area contributed by atoms with E-state index in [1.807, 2.05) is 30.0 Å². The number of nitrogens with one attached hydrogen (secondary N) is 1. The highest BCUT2D eigenvalue weighted by molar-refractivity contribution is 7.89. The predicted octanol–water partition coefficient (Wildman–Crippen LogP) is 2.13. The number of benzene rings is 1. The van der Waals surface area contributed by atoms with Gasteiger partial charge in [0, 0.05) is 19.0 Å². The Labute approximate surface area is 186 Å². The summed E-state index contributed by atoms with van der Waals surface area (Å²) in [6, 6.07) is 10.3. The first-order valence-electron chi connectivity index (χ1n) is 10.1. The third-order valence-corrected chi connectivity index (χ3v) is 6.67. The number of anilines is 1. The Morgan fingerprint density at radius 1 is 1.22 bits per heavy atom. The maximum Gasteiger partial charge on any atom is 0.337 e. The number of rotatable bonds is 6. The molecule has 0 unspecified atom stereocenters. The molecule has 9 nitrogen and oxygen atoms in total. The zero-order valence-corrected chi connectivity index (χ0v) is 18.6. The lowest BCUT2D eigenvalue weighted by Gasteiger charge is -2.32. The number of hydrogen-bond acceptors (Lipinski definition) is 7. The number of nitriles is 1. The van der Waals surface area contributed by atoms with E-state index in [1.165, 1.54) is 6.07 Å². The molecule has 1 aromatic carbocycles. The van der Waals surface area contributed by atoms with Crippen LogP contribution in [0.15, 0.2) is 30.3 Å². The van der Waals surface area contributed by atoms with Gasteiger partial charge in [-0.3, -0.25) is 9.52 Å². The molecule has 0 atom stereocenters. The van der Waals surface area contributed by atoms with Crippen LogP contribution in [0.1, 0.15) is 45.6 Å². The molecule has 0 saturated carbocycles. The number of piperidine rings is 1. The molecule has 1 fully saturated rings. The lowest BCUT2D eigenvalue weighted by molar-refractivity contribution is -0.123. The number of carboxylic acid groups (broad SMARTS) is 1. The smallest absolute Gasteiger partial charge is 0.337 e. The number of nitrogens with zero attached hydrogens (tertiary/aromatic N) is 3. The highest BCUT2D eigenvalue weighted by Crippen LogP contribution is 2.26. The molecule has 0 aliphatic carbocycles. The van der Waals surface area contributed by atoms with Crippen molar-refractivity contribution in [2.45, 2.75) is 32.4 Å². The van der Waals surface area contributed by atoms with Crippen LogP contribution in [0.4, 0.5) is 5.82 Å². The minimum Gasteiger partial charge on any atom is -0.478 e. The Morgan fingerprint density at radius 2 is 1.84 bits per heavy atom. The van der Waals surface area contributed by atoms with Crippen LogP contribution in [-0.2, 0) is 20.6 Å². The van der Waals surface area contributed by atoms with Crippen LogP contribution in [-0.4, -0.2) is 43.5 Å². The van der Waals surface area contributed by atoms with E-state index in [0.29, 0.717) is 43.0 Å². The Balaban J connectivity index is 1.63. The van der Waals surface area contributed by atoms with E-state index in [0.717, 1.165) is 5.56 Å². The molecule has 1 aromatic heterocycles. The zero-order valence-electron chi connectivity index (χ0n) is 17.8. The molecule has 10 heteroatoms. The molecule has 168 valence electrons. The van der Waals surface area contributed by atoms with Crippen LogP contribution in [0.5, 0.6) is 0 Å². The van der Waals surface area contributed by atoms with Crippen LogP contribution in [0.2, 0.25) is 0 Å². The molecular weight excluding hydrogens is 432 g/mol. The summed E-state index contributed by atoms with van der Waals surface area (Å²) >= 11 is 0. The molecule has 1 aliphatic heterocycles. The molecule has 0 spiro atoms. The number of aromatic carboxylic acids is 1. The minimum atomic E-state index is -3.82. The minimum absolute atomic E-state index is 0.0293. The van der Waals surface area contributed by atoms with E-state index < -0.39 is 27.8 Å². The standard InChI is InChI=1S/C22H24N4O5S/c1-14-3-5-16(6-4-14)13-32(30,31)25-21(27)17-7-9-26(10-8-17)20-18(12-23)11-19(22(28)29)15(2)24-20/h3-6,11,17H,7-10,13H2,1-2H3,(H,25,27)(H,28,29). The Hall–Kier alpha value is -3.45. The van der Waals surface area contributed by atoms with Crippen molar-refractivity contribution < 1.29 is 23.1 Å². The summed E-state index contributed by atoms with van der Waals surface area (Å²) in [5.41, 5.74) is 2.04. The number of hydrogen-bond donors (Lipinski definition) is 2. The van der Waals surface area contributed by atoms with Crippen LogP contribution in [0, 0.1) is 31.1 Å². The van der Waals surface area contributed by atoms with Crippen molar-refractivity contribution in [2.24, 2.45) is 5.92 Å². The quantitative estimate of drug-likeness (QED) is 0.674. The van der Waals surface area contributed by atoms with Gasteiger partial charge >= 0.3 is 5.97 Å². The maximum absolute atomic E-state index is 12.6. The molecule has 1 amide bonds. The van der Waals surface area contributed by atoms with Crippen LogP contribution in [0.25, 0.3) is 0 Å². The van der Waals surface area contributed by atoms with Crippen LogP contribution >= 0.6 is 0 Å². The molecule has 2 N–H and O–H groups in total. The van der Waals surface area contributed by atoms with Crippen LogP contribution < -0.4 is 9.62 Å². The van der Waals surface area contributed by atoms with Crippen molar-refractivity contribution in [3.8, 4) is 6.07 Å². The van der Waals surface area contributed by atoms with Gasteiger partial charge in [0.15, 0.2) is 0 Å². The fourth-order valence-corrected chi connectivity index (χ4v) is 4.84. The third-order valence-electron chi connectivity index (χ3n) is 5.44. The number of carboxylic acids is 1. The highest BCUT2D eigenvalue weighted by Gasteiger charge is 2.29. The molecule has 0 radical (unpaired) electrons. The number of pyridine rings is 1. The number of amides is 1. The topological polar surface area (TPSA) is 140 Å². The summed E-state index contributed by atoms with van der Waals surface area (Å²) in [6.45, 7) is 4.25. The molecular formula is C22H24N4O5S. The second kappa shape index (κ2) is 9.36. The number of carbonyl (C=O) groups excluding carboxylic acids is 1. The number of carbonyl (C=O) groups is 2. The SMILES string of the molecule is Cc1ccc(CS(=O)(=O)NC(=O)C2CCN(c3nc(C)c(C(=O)O)cc3C#N)CC2)cc1. The monoisotopic (exact) mass is 456 g/mol. The zero-order chi connectivity index (χ0) is 23.5. The lowest BCUT2D eigenvalue weighted by Crippen LogP contribution is -2.43. The normalized spacial score (nSPS) is 14.6. The van der Waals surface area contributed by atoms with E-state index in [4.69, 9.17) is 0 Å². The van der Waals surface area contributed by atoms with E-state index in [1.54, 1.807) is 19.1 Å². The first-order valence-corrected chi connectivity index (χ1v) is 11.7. The molecule has 2 aromatic rings. The van der Waals surface area contributed by atoms with E-state index >= 15 is 0 Å². The summed E-state index contributed by atoms with van der Waals surface area (Å²) in [7, 11) is -3.82. The summed E-state index contributed by atoms with van der Waals surface area (Å²) in [6.07, 6.45) is 0.774. The predicted molar refractivity (Wildman–Crippen MR) is 118 cm³/mol. The van der Waals surface area contributed by atoms with Gasteiger partial charge < -0.3 is 10.0 Å². The molecule has 0 bridgehead atoms. The molecule has 1 saturated heterocycles. The number of aryl methyl sites for hydroxylation is 2. The van der Waals surface area contributed by atoms with Gasteiger partial charge in [0.25, 0.3) is 0 Å². The van der Waals surface area contributed by atoms with Crippen molar-refractivity contribution in [3.63, 3.8) is 0 Å². The Kier molecular flexibility index (Phi) is 6.79. The Bertz CT molecular complexity index is 1180. The summed E-state index contributed by atoms with van der Waals surface area (Å²) < 4.78 is 27.0. The molecule has 3 rings (SSSR count). The Morgan fingerprint density at radius 3 is 2.41 bits per heavy atom. The molecule has 32 heavy (non-hydrogen) atoms. The van der Waals surface area contributed by atoms with Gasteiger partial charge in [0.05, 0.1) is 22.6 Å². The van der Waals surface area contributed by atoms with Gasteiger partial charge in [-0.2, -0.15) is 5.26 Å². The average Bonchev–Trinajstić information content (AvgIpc) is 2.74. The summed E-state index contributed by atoms with van der Waals surface area (Å²) in [4.78, 5) is 30.0. The van der Waals surface area contributed by atoms with Gasteiger partial charge in [0.1, 0.15) is 11.9 Å². The first-order chi connectivity index (χ1) is 15.1. The van der Waals surface area contributed by atoms with E-state index in [-0.39, 0.29) is 16.9 Å². The van der Waals surface area contributed by atoms with Crippen LogP contribution in [0.3, 0.4) is 0 Å². The third kappa shape index (κ3) is 5.42. The van der Waals surface area contributed by atoms with Gasteiger partial charge in [-0.25, -0.2) is 18.2 Å². The largest absolute Gasteiger partial charge is 0.478 e. The second-order valence-electron chi connectivity index (χ2n) is 7.88. The fourth-order valence-electron chi connectivity index (χ4n) is 3.66. The van der Waals surface area contributed by atoms with E-state index in [9.17, 15) is 28.4 Å². The average molecular weight is 457 g/mol. The summed E-state index contributed by atoms with van der Waals surface area (Å²) in [5.74, 6) is -2.07. The maximum atomic E-state index is 12.6. The highest BCUT2D eigenvalue weighted by atomic mass is 32.2. The van der Waals surface area contributed by atoms with Crippen molar-refractivity contribution in [1.29, 1.82) is 5.26 Å². The number of aromatic nitrogens is 1. The van der Waals surface area contributed by atoms with Gasteiger partial charge in [-0.15, -0.1) is 0 Å². The first kappa shape index (κ1) is 23.2. The van der Waals surface area contributed by atoms with Gasteiger partial charge in [0.2, 0.25) is 15.9 Å². The molecule has 1 aliphatic rings.